The van der Waals surface area contributed by atoms with Crippen molar-refractivity contribution in [2.24, 2.45) is 0 Å². The zero-order valence-corrected chi connectivity index (χ0v) is 13.3. The largest absolute Gasteiger partial charge is 0.372 e. The zero-order valence-electron chi connectivity index (χ0n) is 13.3. The Bertz CT molecular complexity index is 464. The highest BCUT2D eigenvalue weighted by Gasteiger charge is 2.20. The lowest BCUT2D eigenvalue weighted by Crippen LogP contribution is -2.50. The first-order valence-electron chi connectivity index (χ1n) is 7.69. The van der Waals surface area contributed by atoms with Crippen molar-refractivity contribution < 1.29 is 9.53 Å². The maximum Gasteiger partial charge on any atom is 0.248 e. The maximum absolute atomic E-state index is 11.9. The number of amides is 1. The number of carbonyl (C=O) groups is 1. The second-order valence-electron chi connectivity index (χ2n) is 5.51. The molecule has 0 aromatic carbocycles. The van der Waals surface area contributed by atoms with E-state index in [9.17, 15) is 4.79 Å². The van der Waals surface area contributed by atoms with E-state index in [-0.39, 0.29) is 12.5 Å². The van der Waals surface area contributed by atoms with Gasteiger partial charge in [-0.25, -0.2) is 0 Å². The molecule has 0 bridgehead atoms. The van der Waals surface area contributed by atoms with Gasteiger partial charge >= 0.3 is 0 Å². The van der Waals surface area contributed by atoms with E-state index >= 15 is 0 Å². The monoisotopic (exact) mass is 294 g/mol. The minimum absolute atomic E-state index is 0.107. The van der Waals surface area contributed by atoms with E-state index in [0.717, 1.165) is 45.0 Å². The Kier molecular flexibility index (Phi) is 5.76. The zero-order chi connectivity index (χ0) is 15.2. The van der Waals surface area contributed by atoms with Crippen molar-refractivity contribution in [2.45, 2.75) is 27.3 Å². The number of hydrogen-bond acceptors (Lipinski definition) is 4. The van der Waals surface area contributed by atoms with E-state index in [4.69, 9.17) is 4.74 Å². The van der Waals surface area contributed by atoms with Crippen LogP contribution in [0.4, 0.5) is 0 Å². The Labute approximate surface area is 126 Å². The number of rotatable bonds is 6. The molecule has 0 radical (unpaired) electrons. The Morgan fingerprint density at radius 3 is 2.52 bits per heavy atom. The molecule has 118 valence electrons. The fourth-order valence-corrected chi connectivity index (χ4v) is 2.64. The van der Waals surface area contributed by atoms with Crippen LogP contribution in [0.15, 0.2) is 6.07 Å². The van der Waals surface area contributed by atoms with Gasteiger partial charge in [0.2, 0.25) is 5.91 Å². The number of hydrogen-bond donors (Lipinski definition) is 0. The molecule has 0 saturated carbocycles. The smallest absolute Gasteiger partial charge is 0.248 e. The summed E-state index contributed by atoms with van der Waals surface area (Å²) in [6.45, 7) is 12.2. The van der Waals surface area contributed by atoms with Crippen LogP contribution < -0.4 is 0 Å². The number of aromatic nitrogens is 2. The van der Waals surface area contributed by atoms with Gasteiger partial charge in [0.25, 0.3) is 0 Å². The molecule has 1 amide bonds. The SMILES string of the molecule is CCOCC(=O)N1CCN(CCn2nc(C)cc2C)CC1. The molecule has 1 aliphatic heterocycles. The quantitative estimate of drug-likeness (QED) is 0.774. The molecule has 0 atom stereocenters. The Hall–Kier alpha value is -1.40. The number of nitrogens with zero attached hydrogens (tertiary/aromatic N) is 4. The highest BCUT2D eigenvalue weighted by Crippen LogP contribution is 2.05. The third-order valence-electron chi connectivity index (χ3n) is 3.89. The molecule has 0 N–H and O–H groups in total. The highest BCUT2D eigenvalue weighted by molar-refractivity contribution is 5.77. The first-order chi connectivity index (χ1) is 10.1. The first-order valence-corrected chi connectivity index (χ1v) is 7.69. The van der Waals surface area contributed by atoms with Crippen LogP contribution in [-0.2, 0) is 16.1 Å². The predicted molar refractivity (Wildman–Crippen MR) is 81.2 cm³/mol. The van der Waals surface area contributed by atoms with Gasteiger partial charge in [-0.3, -0.25) is 14.4 Å². The molecule has 2 heterocycles. The summed E-state index contributed by atoms with van der Waals surface area (Å²) in [6, 6.07) is 2.10. The molecule has 21 heavy (non-hydrogen) atoms. The van der Waals surface area contributed by atoms with Crippen LogP contribution in [0, 0.1) is 13.8 Å². The lowest BCUT2D eigenvalue weighted by molar-refractivity contribution is -0.137. The normalized spacial score (nSPS) is 16.4. The molecule has 6 heteroatoms. The molecule has 1 aliphatic rings. The van der Waals surface area contributed by atoms with Crippen LogP contribution >= 0.6 is 0 Å². The molecule has 6 nitrogen and oxygen atoms in total. The molecule has 0 aliphatic carbocycles. The number of ether oxygens (including phenoxy) is 1. The minimum Gasteiger partial charge on any atom is -0.372 e. The summed E-state index contributed by atoms with van der Waals surface area (Å²) in [5, 5.41) is 4.48. The second-order valence-corrected chi connectivity index (χ2v) is 5.51. The van der Waals surface area contributed by atoms with Gasteiger partial charge in [-0.15, -0.1) is 0 Å². The summed E-state index contributed by atoms with van der Waals surface area (Å²) in [5.74, 6) is 0.107. The van der Waals surface area contributed by atoms with Gasteiger partial charge in [0.1, 0.15) is 6.61 Å². The van der Waals surface area contributed by atoms with Gasteiger partial charge in [0.15, 0.2) is 0 Å². The van der Waals surface area contributed by atoms with Crippen molar-refractivity contribution in [1.82, 2.24) is 19.6 Å². The van der Waals surface area contributed by atoms with E-state index in [1.165, 1.54) is 5.69 Å². The van der Waals surface area contributed by atoms with E-state index in [1.54, 1.807) is 0 Å². The number of aryl methyl sites for hydroxylation is 2. The fraction of sp³-hybridized carbons (Fsp3) is 0.733. The molecule has 1 saturated heterocycles. The second kappa shape index (κ2) is 7.56. The standard InChI is InChI=1S/C15H26N4O2/c1-4-21-12-15(20)18-8-5-17(6-9-18)7-10-19-14(3)11-13(2)16-19/h11H,4-10,12H2,1-3H3. The minimum atomic E-state index is 0.107. The summed E-state index contributed by atoms with van der Waals surface area (Å²) in [6.07, 6.45) is 0. The van der Waals surface area contributed by atoms with E-state index in [2.05, 4.69) is 27.7 Å². The lowest BCUT2D eigenvalue weighted by Gasteiger charge is -2.34. The summed E-state index contributed by atoms with van der Waals surface area (Å²) in [5.41, 5.74) is 2.27. The van der Waals surface area contributed by atoms with E-state index < -0.39 is 0 Å². The van der Waals surface area contributed by atoms with Gasteiger partial charge in [-0.1, -0.05) is 0 Å². The summed E-state index contributed by atoms with van der Waals surface area (Å²) in [4.78, 5) is 16.1. The Morgan fingerprint density at radius 1 is 1.24 bits per heavy atom. The lowest BCUT2D eigenvalue weighted by atomic mass is 10.3. The van der Waals surface area contributed by atoms with E-state index in [0.29, 0.717) is 6.61 Å². The molecule has 0 unspecified atom stereocenters. The molecule has 2 rings (SSSR count). The van der Waals surface area contributed by atoms with Gasteiger partial charge in [0.05, 0.1) is 12.2 Å². The van der Waals surface area contributed by atoms with Crippen molar-refractivity contribution in [3.63, 3.8) is 0 Å². The highest BCUT2D eigenvalue weighted by atomic mass is 16.5. The number of piperazine rings is 1. The van der Waals surface area contributed by atoms with Gasteiger partial charge in [-0.05, 0) is 26.8 Å². The van der Waals surface area contributed by atoms with Gasteiger partial charge in [0, 0.05) is 45.0 Å². The third-order valence-corrected chi connectivity index (χ3v) is 3.89. The summed E-state index contributed by atoms with van der Waals surface area (Å²) in [7, 11) is 0. The van der Waals surface area contributed by atoms with Crippen molar-refractivity contribution in [3.8, 4) is 0 Å². The van der Waals surface area contributed by atoms with Crippen molar-refractivity contribution in [1.29, 1.82) is 0 Å². The van der Waals surface area contributed by atoms with Gasteiger partial charge in [-0.2, -0.15) is 5.10 Å². The molecule has 1 aromatic heterocycles. The Morgan fingerprint density at radius 2 is 1.95 bits per heavy atom. The topological polar surface area (TPSA) is 50.6 Å². The molecular formula is C15H26N4O2. The maximum atomic E-state index is 11.9. The predicted octanol–water partition coefficient (Wildman–Crippen LogP) is 0.681. The molecule has 0 spiro atoms. The molecular weight excluding hydrogens is 268 g/mol. The summed E-state index contributed by atoms with van der Waals surface area (Å²) < 4.78 is 7.24. The van der Waals surface area contributed by atoms with Crippen LogP contribution in [0.5, 0.6) is 0 Å². The third kappa shape index (κ3) is 4.54. The fourth-order valence-electron chi connectivity index (χ4n) is 2.64. The van der Waals surface area contributed by atoms with Crippen LogP contribution in [0.25, 0.3) is 0 Å². The molecule has 1 fully saturated rings. The van der Waals surface area contributed by atoms with Crippen LogP contribution in [0.1, 0.15) is 18.3 Å². The van der Waals surface area contributed by atoms with Gasteiger partial charge < -0.3 is 9.64 Å². The number of carbonyl (C=O) groups excluding carboxylic acids is 1. The average molecular weight is 294 g/mol. The molecule has 1 aromatic rings. The summed E-state index contributed by atoms with van der Waals surface area (Å²) >= 11 is 0. The van der Waals surface area contributed by atoms with Crippen molar-refractivity contribution in [2.75, 3.05) is 45.9 Å². The van der Waals surface area contributed by atoms with Crippen LogP contribution in [0.3, 0.4) is 0 Å². The first kappa shape index (κ1) is 16.0. The van der Waals surface area contributed by atoms with Crippen LogP contribution in [-0.4, -0.2) is 71.4 Å². The average Bonchev–Trinajstić information content (AvgIpc) is 2.81. The van der Waals surface area contributed by atoms with Crippen molar-refractivity contribution in [3.05, 3.63) is 17.5 Å². The Balaban J connectivity index is 1.72. The van der Waals surface area contributed by atoms with Crippen molar-refractivity contribution >= 4 is 5.91 Å². The van der Waals surface area contributed by atoms with E-state index in [1.807, 2.05) is 18.7 Å². The van der Waals surface area contributed by atoms with Crippen LogP contribution in [0.2, 0.25) is 0 Å².